The van der Waals surface area contributed by atoms with Gasteiger partial charge in [-0.2, -0.15) is 0 Å². The van der Waals surface area contributed by atoms with Gasteiger partial charge in [-0.05, 0) is 34.7 Å². The van der Waals surface area contributed by atoms with Crippen LogP contribution in [0.25, 0.3) is 0 Å². The van der Waals surface area contributed by atoms with Gasteiger partial charge in [0.05, 0.1) is 6.42 Å². The average molecular weight is 385 g/mol. The van der Waals surface area contributed by atoms with Crippen LogP contribution in [0, 0.1) is 0 Å². The third kappa shape index (κ3) is 4.36. The number of hydrogen-bond donors (Lipinski definition) is 1. The number of fused-ring (bicyclic) bond motifs is 1. The highest BCUT2D eigenvalue weighted by Gasteiger charge is 2.35. The smallest absolute Gasteiger partial charge is 0.245 e. The molecule has 0 spiro atoms. The van der Waals surface area contributed by atoms with Crippen LogP contribution in [0.15, 0.2) is 35.7 Å². The Morgan fingerprint density at radius 1 is 1.22 bits per heavy atom. The highest BCUT2D eigenvalue weighted by molar-refractivity contribution is 7.10. The van der Waals surface area contributed by atoms with Gasteiger partial charge in [-0.3, -0.25) is 14.4 Å². The maximum Gasteiger partial charge on any atom is 0.245 e. The fourth-order valence-corrected chi connectivity index (χ4v) is 4.01. The average Bonchev–Trinajstić information content (AvgIpc) is 3.12. The van der Waals surface area contributed by atoms with Gasteiger partial charge in [0.25, 0.3) is 0 Å². The van der Waals surface area contributed by atoms with Crippen LogP contribution in [0.2, 0.25) is 0 Å². The Bertz CT molecular complexity index is 861. The zero-order chi connectivity index (χ0) is 19.6. The van der Waals surface area contributed by atoms with Crippen LogP contribution in [-0.2, 0) is 33.8 Å². The minimum atomic E-state index is -0.508. The van der Waals surface area contributed by atoms with Crippen LogP contribution in [-0.4, -0.2) is 47.7 Å². The highest BCUT2D eigenvalue weighted by atomic mass is 32.1. The summed E-state index contributed by atoms with van der Waals surface area (Å²) in [7, 11) is 3.42. The molecule has 0 radical (unpaired) electrons. The minimum absolute atomic E-state index is 0.0618. The van der Waals surface area contributed by atoms with E-state index in [9.17, 15) is 14.4 Å². The van der Waals surface area contributed by atoms with Gasteiger partial charge < -0.3 is 15.1 Å². The SMILES string of the molecule is CC(=O)Nc1ccc2c(c1)CN(C(=O)Cc1cccs1)C(C(=O)N(C)C)C2. The fourth-order valence-electron chi connectivity index (χ4n) is 3.31. The molecule has 0 saturated carbocycles. The summed E-state index contributed by atoms with van der Waals surface area (Å²) >= 11 is 1.54. The first-order chi connectivity index (χ1) is 12.8. The summed E-state index contributed by atoms with van der Waals surface area (Å²) in [4.78, 5) is 41.2. The highest BCUT2D eigenvalue weighted by Crippen LogP contribution is 2.28. The molecule has 1 aliphatic heterocycles. The topological polar surface area (TPSA) is 69.7 Å². The first kappa shape index (κ1) is 19.1. The fraction of sp³-hybridized carbons (Fsp3) is 0.350. The van der Waals surface area contributed by atoms with Gasteiger partial charge >= 0.3 is 0 Å². The first-order valence-electron chi connectivity index (χ1n) is 8.77. The predicted molar refractivity (Wildman–Crippen MR) is 106 cm³/mol. The quantitative estimate of drug-likeness (QED) is 0.878. The summed E-state index contributed by atoms with van der Waals surface area (Å²) in [6, 6.07) is 8.99. The summed E-state index contributed by atoms with van der Waals surface area (Å²) in [5.41, 5.74) is 2.69. The van der Waals surface area contributed by atoms with Crippen molar-refractivity contribution in [2.24, 2.45) is 0 Å². The number of anilines is 1. The lowest BCUT2D eigenvalue weighted by Crippen LogP contribution is -2.52. The third-order valence-corrected chi connectivity index (χ3v) is 5.48. The molecule has 1 aliphatic rings. The van der Waals surface area contributed by atoms with Gasteiger partial charge in [-0.25, -0.2) is 0 Å². The Morgan fingerprint density at radius 3 is 2.63 bits per heavy atom. The van der Waals surface area contributed by atoms with Crippen molar-refractivity contribution < 1.29 is 14.4 Å². The lowest BCUT2D eigenvalue weighted by atomic mass is 9.92. The molecular formula is C20H23N3O3S. The van der Waals surface area contributed by atoms with Crippen molar-refractivity contribution >= 4 is 34.7 Å². The van der Waals surface area contributed by atoms with E-state index < -0.39 is 6.04 Å². The number of nitrogens with one attached hydrogen (secondary N) is 1. The van der Waals surface area contributed by atoms with E-state index in [-0.39, 0.29) is 24.1 Å². The van der Waals surface area contributed by atoms with E-state index in [0.717, 1.165) is 16.0 Å². The molecule has 0 fully saturated rings. The molecule has 142 valence electrons. The van der Waals surface area contributed by atoms with Crippen LogP contribution >= 0.6 is 11.3 Å². The van der Waals surface area contributed by atoms with Crippen molar-refractivity contribution in [3.8, 4) is 0 Å². The summed E-state index contributed by atoms with van der Waals surface area (Å²) < 4.78 is 0. The number of rotatable bonds is 4. The monoisotopic (exact) mass is 385 g/mol. The second-order valence-corrected chi connectivity index (χ2v) is 7.93. The Labute approximate surface area is 162 Å². The summed E-state index contributed by atoms with van der Waals surface area (Å²) in [5, 5.41) is 4.71. The van der Waals surface area contributed by atoms with Crippen molar-refractivity contribution in [3.63, 3.8) is 0 Å². The maximum atomic E-state index is 13.0. The molecule has 6 nitrogen and oxygen atoms in total. The van der Waals surface area contributed by atoms with Crippen molar-refractivity contribution in [2.75, 3.05) is 19.4 Å². The lowest BCUT2D eigenvalue weighted by molar-refractivity contribution is -0.145. The lowest BCUT2D eigenvalue weighted by Gasteiger charge is -2.37. The first-order valence-corrected chi connectivity index (χ1v) is 9.65. The number of benzene rings is 1. The van der Waals surface area contributed by atoms with E-state index in [4.69, 9.17) is 0 Å². The van der Waals surface area contributed by atoms with Crippen molar-refractivity contribution in [3.05, 3.63) is 51.7 Å². The zero-order valence-corrected chi connectivity index (χ0v) is 16.5. The molecule has 1 atom stereocenters. The molecule has 2 aromatic rings. The molecule has 1 aromatic heterocycles. The number of carbonyl (C=O) groups is 3. The van der Waals surface area contributed by atoms with Crippen LogP contribution in [0.1, 0.15) is 22.9 Å². The minimum Gasteiger partial charge on any atom is -0.347 e. The second-order valence-electron chi connectivity index (χ2n) is 6.90. The molecule has 3 amide bonds. The van der Waals surface area contributed by atoms with Gasteiger partial charge in [0, 0.05) is 44.5 Å². The van der Waals surface area contributed by atoms with Crippen LogP contribution < -0.4 is 5.32 Å². The normalized spacial score (nSPS) is 15.8. The number of likely N-dealkylation sites (N-methyl/N-ethyl adjacent to an activating group) is 1. The number of hydrogen-bond acceptors (Lipinski definition) is 4. The number of carbonyl (C=O) groups excluding carboxylic acids is 3. The molecule has 2 heterocycles. The standard InChI is InChI=1S/C20H23N3O3S/c1-13(24)21-16-7-6-14-10-18(20(26)22(2)3)23(12-15(14)9-16)19(25)11-17-5-4-8-27-17/h4-9,18H,10-12H2,1-3H3,(H,21,24). The Balaban J connectivity index is 1.90. The molecule has 27 heavy (non-hydrogen) atoms. The molecule has 1 N–H and O–H groups in total. The van der Waals surface area contributed by atoms with E-state index in [1.165, 1.54) is 23.2 Å². The van der Waals surface area contributed by atoms with Crippen molar-refractivity contribution in [2.45, 2.75) is 32.4 Å². The van der Waals surface area contributed by atoms with E-state index in [2.05, 4.69) is 5.32 Å². The maximum absolute atomic E-state index is 13.0. The van der Waals surface area contributed by atoms with Crippen LogP contribution in [0.4, 0.5) is 5.69 Å². The van der Waals surface area contributed by atoms with E-state index in [0.29, 0.717) is 18.7 Å². The summed E-state index contributed by atoms with van der Waals surface area (Å²) in [6.45, 7) is 1.82. The van der Waals surface area contributed by atoms with E-state index in [1.807, 2.05) is 35.7 Å². The van der Waals surface area contributed by atoms with E-state index in [1.54, 1.807) is 19.0 Å². The third-order valence-electron chi connectivity index (χ3n) is 4.61. The number of thiophene rings is 1. The molecule has 7 heteroatoms. The van der Waals surface area contributed by atoms with Crippen LogP contribution in [0.5, 0.6) is 0 Å². The molecule has 0 saturated heterocycles. The molecular weight excluding hydrogens is 362 g/mol. The van der Waals surface area contributed by atoms with Crippen molar-refractivity contribution in [1.29, 1.82) is 0 Å². The van der Waals surface area contributed by atoms with Gasteiger partial charge in [0.15, 0.2) is 0 Å². The summed E-state index contributed by atoms with van der Waals surface area (Å²) in [5.74, 6) is -0.281. The largest absolute Gasteiger partial charge is 0.347 e. The molecule has 3 rings (SSSR count). The molecule has 1 unspecified atom stereocenters. The molecule has 1 aromatic carbocycles. The molecule has 0 bridgehead atoms. The van der Waals surface area contributed by atoms with Gasteiger partial charge in [-0.15, -0.1) is 11.3 Å². The summed E-state index contributed by atoms with van der Waals surface area (Å²) in [6.07, 6.45) is 0.762. The van der Waals surface area contributed by atoms with E-state index >= 15 is 0 Å². The second kappa shape index (κ2) is 7.92. The Kier molecular flexibility index (Phi) is 5.60. The van der Waals surface area contributed by atoms with Gasteiger partial charge in [0.2, 0.25) is 17.7 Å². The predicted octanol–water partition coefficient (Wildman–Crippen LogP) is 2.29. The zero-order valence-electron chi connectivity index (χ0n) is 15.7. The molecule has 0 aliphatic carbocycles. The number of nitrogens with zero attached hydrogens (tertiary/aromatic N) is 2. The Morgan fingerprint density at radius 2 is 2.00 bits per heavy atom. The Hall–Kier alpha value is -2.67. The van der Waals surface area contributed by atoms with Gasteiger partial charge in [-0.1, -0.05) is 12.1 Å². The van der Waals surface area contributed by atoms with Crippen molar-refractivity contribution in [1.82, 2.24) is 9.80 Å². The van der Waals surface area contributed by atoms with Gasteiger partial charge in [0.1, 0.15) is 6.04 Å². The number of amides is 3. The van der Waals surface area contributed by atoms with Crippen LogP contribution in [0.3, 0.4) is 0 Å².